The maximum absolute atomic E-state index is 2.82. The summed E-state index contributed by atoms with van der Waals surface area (Å²) >= 11 is 0. The monoisotopic (exact) mass is 1010 g/mol. The number of para-hydroxylation sites is 2. The number of nitrogens with zero attached hydrogens (tertiary/aromatic N) is 4. The van der Waals surface area contributed by atoms with Crippen LogP contribution >= 0.6 is 0 Å². The Balaban J connectivity index is 1.05. The molecule has 0 radical (unpaired) electrons. The first kappa shape index (κ1) is 48.4. The molecule has 4 unspecified atom stereocenters. The first-order valence-electron chi connectivity index (χ1n) is 29.1. The molecule has 77 heavy (non-hydrogen) atoms. The highest BCUT2D eigenvalue weighted by Gasteiger charge is 2.60. The summed E-state index contributed by atoms with van der Waals surface area (Å²) in [6.07, 6.45) is 9.57. The maximum Gasteiger partial charge on any atom is 0.252 e. The fraction of sp³-hybridized carbons (Fsp3) is 0.333. The number of hydrogen-bond acceptors (Lipinski definition) is 4. The molecular formula is C72H75BN4. The fourth-order valence-electron chi connectivity index (χ4n) is 16.0. The lowest BCUT2D eigenvalue weighted by Gasteiger charge is -2.51. The molecule has 0 saturated heterocycles. The summed E-state index contributed by atoms with van der Waals surface area (Å²) in [5.74, 6) is 0. The Bertz CT molecular complexity index is 3660. The molecule has 4 atom stereocenters. The second-order valence-electron chi connectivity index (χ2n) is 26.8. The lowest BCUT2D eigenvalue weighted by atomic mass is 9.33. The Hall–Kier alpha value is -6.98. The Morgan fingerprint density at radius 1 is 0.364 bits per heavy atom. The van der Waals surface area contributed by atoms with Crippen LogP contribution in [0.3, 0.4) is 0 Å². The van der Waals surface area contributed by atoms with Gasteiger partial charge in [0.2, 0.25) is 0 Å². The molecule has 4 heterocycles. The fourth-order valence-corrected chi connectivity index (χ4v) is 16.0. The predicted octanol–water partition coefficient (Wildman–Crippen LogP) is 17.5. The van der Waals surface area contributed by atoms with Gasteiger partial charge >= 0.3 is 0 Å². The Kier molecular flexibility index (Phi) is 10.5. The van der Waals surface area contributed by atoms with Crippen molar-refractivity contribution in [2.45, 2.75) is 153 Å². The van der Waals surface area contributed by atoms with Gasteiger partial charge in [0.05, 0.1) is 11.1 Å². The third kappa shape index (κ3) is 6.83. The second-order valence-corrected chi connectivity index (χ2v) is 26.8. The lowest BCUT2D eigenvalue weighted by molar-refractivity contribution is 0.195. The number of hydrogen-bond donors (Lipinski definition) is 0. The first-order chi connectivity index (χ1) is 36.9. The molecule has 4 aliphatic heterocycles. The van der Waals surface area contributed by atoms with E-state index in [1.165, 1.54) is 139 Å². The highest BCUT2D eigenvalue weighted by atomic mass is 15.3. The summed E-state index contributed by atoms with van der Waals surface area (Å²) in [6, 6.07) is 68.8. The molecule has 2 aliphatic carbocycles. The van der Waals surface area contributed by atoms with Gasteiger partial charge < -0.3 is 19.6 Å². The van der Waals surface area contributed by atoms with Crippen molar-refractivity contribution in [1.29, 1.82) is 0 Å². The van der Waals surface area contributed by atoms with E-state index in [-0.39, 0.29) is 39.5 Å². The second kappa shape index (κ2) is 16.8. The van der Waals surface area contributed by atoms with Crippen LogP contribution in [0, 0.1) is 0 Å². The van der Waals surface area contributed by atoms with Crippen LogP contribution in [0.2, 0.25) is 0 Å². The van der Waals surface area contributed by atoms with Crippen molar-refractivity contribution in [1.82, 2.24) is 0 Å². The zero-order valence-corrected chi connectivity index (χ0v) is 47.3. The normalized spacial score (nSPS) is 23.9. The van der Waals surface area contributed by atoms with E-state index in [1.54, 1.807) is 0 Å². The van der Waals surface area contributed by atoms with Gasteiger partial charge in [0, 0.05) is 67.7 Å². The van der Waals surface area contributed by atoms with Crippen molar-refractivity contribution in [3.63, 3.8) is 0 Å². The van der Waals surface area contributed by atoms with Crippen molar-refractivity contribution in [2.24, 2.45) is 0 Å². The van der Waals surface area contributed by atoms with Gasteiger partial charge in [0.25, 0.3) is 6.71 Å². The molecule has 8 aromatic rings. The van der Waals surface area contributed by atoms with Crippen molar-refractivity contribution >= 4 is 80.0 Å². The summed E-state index contributed by atoms with van der Waals surface area (Å²) in [7, 11) is 0. The molecule has 2 saturated carbocycles. The highest BCUT2D eigenvalue weighted by Crippen LogP contribution is 2.64. The molecule has 5 heteroatoms. The van der Waals surface area contributed by atoms with Crippen LogP contribution in [0.5, 0.6) is 0 Å². The van der Waals surface area contributed by atoms with Crippen molar-refractivity contribution in [2.75, 3.05) is 19.6 Å². The third-order valence-electron chi connectivity index (χ3n) is 20.7. The predicted molar refractivity (Wildman–Crippen MR) is 329 cm³/mol. The van der Waals surface area contributed by atoms with Gasteiger partial charge in [-0.2, -0.15) is 0 Å². The van der Waals surface area contributed by atoms with E-state index in [1.807, 2.05) is 0 Å². The van der Waals surface area contributed by atoms with Gasteiger partial charge in [-0.25, -0.2) is 0 Å². The Morgan fingerprint density at radius 3 is 1.48 bits per heavy atom. The van der Waals surface area contributed by atoms with E-state index in [4.69, 9.17) is 0 Å². The van der Waals surface area contributed by atoms with E-state index in [0.717, 1.165) is 19.3 Å². The van der Waals surface area contributed by atoms with E-state index in [9.17, 15) is 0 Å². The summed E-state index contributed by atoms with van der Waals surface area (Å²) in [4.78, 5) is 10.9. The molecule has 0 spiro atoms. The SMILES string of the molecule is CC(C)(C)c1ccc(N2c3cc(N4c5ccc(C(C)(C)C)cc5C5(C)CCCCC45C)ccc3B3c4ccccc4N(c4ccccc4)c4cc(N5c6ccc(-c7ccccc7)cc6C6(C)CCCCC56C)cc2c43)cc1. The van der Waals surface area contributed by atoms with Crippen LogP contribution in [0.25, 0.3) is 11.1 Å². The summed E-state index contributed by atoms with van der Waals surface area (Å²) in [5.41, 5.74) is 24.8. The summed E-state index contributed by atoms with van der Waals surface area (Å²) < 4.78 is 0. The molecule has 14 rings (SSSR count). The molecule has 4 nitrogen and oxygen atoms in total. The van der Waals surface area contributed by atoms with Gasteiger partial charge in [-0.05, 0) is 173 Å². The Labute approximate surface area is 459 Å². The van der Waals surface area contributed by atoms with Gasteiger partial charge in [-0.1, -0.05) is 184 Å². The standard InChI is InChI=1S/C72H75BN4/c1-67(2,3)50-30-33-53(34-31-50)75-63-45-54(76-61-38-32-51(68(4,5)6)44-57(61)70(8)40-20-21-41-71(70,76)9)35-36-59(63)73-58-27-17-18-28-62(58)74(52-25-15-12-16-26-52)64-46-55(47-65(75)66(64)73)77-60-37-29-49(48-23-13-11-14-24-48)43-56(60)69(7)39-19-22-42-72(69,77)10/h11-18,23-38,43-47H,19-22,39-42H2,1-10H3. The van der Waals surface area contributed by atoms with Gasteiger partial charge in [-0.3, -0.25) is 0 Å². The van der Waals surface area contributed by atoms with Crippen LogP contribution in [0.4, 0.5) is 56.9 Å². The smallest absolute Gasteiger partial charge is 0.252 e. The van der Waals surface area contributed by atoms with Gasteiger partial charge in [0.1, 0.15) is 0 Å². The van der Waals surface area contributed by atoms with E-state index < -0.39 is 0 Å². The number of rotatable bonds is 5. The minimum absolute atomic E-state index is 0.00456. The third-order valence-corrected chi connectivity index (χ3v) is 20.7. The summed E-state index contributed by atoms with van der Waals surface area (Å²) in [6.45, 7) is 24.5. The molecule has 6 aliphatic rings. The van der Waals surface area contributed by atoms with E-state index >= 15 is 0 Å². The zero-order chi connectivity index (χ0) is 53.0. The molecule has 0 aromatic heterocycles. The average Bonchev–Trinajstić information content (AvgIpc) is 4.01. The minimum Gasteiger partial charge on any atom is -0.334 e. The maximum atomic E-state index is 2.82. The number of anilines is 10. The largest absolute Gasteiger partial charge is 0.334 e. The molecular weight excluding hydrogens is 932 g/mol. The van der Waals surface area contributed by atoms with Gasteiger partial charge in [0.15, 0.2) is 0 Å². The highest BCUT2D eigenvalue weighted by molar-refractivity contribution is 7.00. The van der Waals surface area contributed by atoms with Gasteiger partial charge in [-0.15, -0.1) is 0 Å². The van der Waals surface area contributed by atoms with Crippen LogP contribution in [0.1, 0.15) is 143 Å². The quantitative estimate of drug-likeness (QED) is 0.159. The van der Waals surface area contributed by atoms with Crippen molar-refractivity contribution < 1.29 is 0 Å². The molecule has 2 fully saturated rings. The van der Waals surface area contributed by atoms with Crippen LogP contribution in [0.15, 0.2) is 176 Å². The zero-order valence-electron chi connectivity index (χ0n) is 47.3. The molecule has 0 bridgehead atoms. The van der Waals surface area contributed by atoms with Crippen molar-refractivity contribution in [3.05, 3.63) is 198 Å². The van der Waals surface area contributed by atoms with Crippen molar-refractivity contribution in [3.8, 4) is 11.1 Å². The van der Waals surface area contributed by atoms with Crippen LogP contribution < -0.4 is 36.0 Å². The number of fused-ring (bicyclic) bond motifs is 10. The van der Waals surface area contributed by atoms with E-state index in [0.29, 0.717) is 0 Å². The summed E-state index contributed by atoms with van der Waals surface area (Å²) in [5, 5.41) is 0. The minimum atomic E-state index is -0.162. The van der Waals surface area contributed by atoms with E-state index in [2.05, 4.69) is 265 Å². The molecule has 0 amide bonds. The molecule has 0 N–H and O–H groups in total. The molecule has 386 valence electrons. The van der Waals surface area contributed by atoms with Crippen LogP contribution in [-0.2, 0) is 21.7 Å². The molecule has 8 aromatic carbocycles. The topological polar surface area (TPSA) is 13.0 Å². The Morgan fingerprint density at radius 2 is 0.844 bits per heavy atom. The average molecular weight is 1010 g/mol. The van der Waals surface area contributed by atoms with Crippen LogP contribution in [-0.4, -0.2) is 17.8 Å². The first-order valence-corrected chi connectivity index (χ1v) is 29.1. The number of benzene rings is 8. The lowest BCUT2D eigenvalue weighted by Crippen LogP contribution is -2.61.